The van der Waals surface area contributed by atoms with Crippen LogP contribution in [-0.2, 0) is 10.8 Å². The number of aromatic nitrogens is 1. The average Bonchev–Trinajstić information content (AvgIpc) is 3.71. The molecule has 1 heterocycles. The topological polar surface area (TPSA) is 11.4 Å². The second-order valence-corrected chi connectivity index (χ2v) is 17.5. The highest BCUT2D eigenvalue weighted by atomic mass is 15.1. The van der Waals surface area contributed by atoms with Crippen LogP contribution in [0.1, 0.15) is 51.3 Å². The maximum atomic E-state index is 2.42. The summed E-state index contributed by atoms with van der Waals surface area (Å²) in [7, 11) is 2.18. The summed E-state index contributed by atoms with van der Waals surface area (Å²) >= 11 is 0. The van der Waals surface area contributed by atoms with E-state index >= 15 is 0 Å². The number of hydrogen-bond donors (Lipinski definition) is 0. The van der Waals surface area contributed by atoms with Crippen molar-refractivity contribution >= 4 is 50.2 Å². The van der Waals surface area contributed by atoms with Crippen LogP contribution < -0.4 is 9.80 Å². The van der Waals surface area contributed by atoms with Gasteiger partial charge in [-0.2, -0.15) is 0 Å². The van der Waals surface area contributed by atoms with Crippen LogP contribution in [0.5, 0.6) is 0 Å². The van der Waals surface area contributed by atoms with Gasteiger partial charge in [-0.25, -0.2) is 0 Å². The molecule has 1 aliphatic carbocycles. The van der Waals surface area contributed by atoms with E-state index < -0.39 is 0 Å². The molecule has 0 spiro atoms. The number of rotatable bonds is 7. The molecule has 9 aromatic rings. The second-order valence-electron chi connectivity index (χ2n) is 17.5. The molecule has 10 rings (SSSR count). The first-order chi connectivity index (χ1) is 28.6. The van der Waals surface area contributed by atoms with Gasteiger partial charge in [0.25, 0.3) is 0 Å². The van der Waals surface area contributed by atoms with Crippen molar-refractivity contribution in [1.29, 1.82) is 0 Å². The fraction of sp³-hybridized carbons (Fsp3) is 0.143. The molecule has 0 saturated heterocycles. The molecule has 1 aromatic heterocycles. The van der Waals surface area contributed by atoms with Crippen molar-refractivity contribution in [3.63, 3.8) is 0 Å². The predicted octanol–water partition coefficient (Wildman–Crippen LogP) is 15.3. The molecule has 0 amide bonds. The molecule has 0 aliphatic heterocycles. The van der Waals surface area contributed by atoms with Gasteiger partial charge in [0, 0.05) is 62.9 Å². The van der Waals surface area contributed by atoms with Crippen molar-refractivity contribution in [3.05, 3.63) is 205 Å². The Morgan fingerprint density at radius 2 is 1.07 bits per heavy atom. The third-order valence-electron chi connectivity index (χ3n) is 12.6. The van der Waals surface area contributed by atoms with E-state index in [2.05, 4.69) is 244 Å². The number of anilines is 5. The summed E-state index contributed by atoms with van der Waals surface area (Å²) in [6, 6.07) is 69.3. The van der Waals surface area contributed by atoms with Gasteiger partial charge in [0.05, 0.1) is 11.0 Å². The molecule has 0 bridgehead atoms. The molecule has 1 aliphatic rings. The van der Waals surface area contributed by atoms with E-state index in [0.29, 0.717) is 0 Å². The van der Waals surface area contributed by atoms with Gasteiger partial charge in [-0.15, -0.1) is 0 Å². The lowest BCUT2D eigenvalue weighted by molar-refractivity contribution is 0.590. The van der Waals surface area contributed by atoms with Crippen LogP contribution >= 0.6 is 0 Å². The molecular weight excluding hydrogens is 715 g/mol. The Morgan fingerprint density at radius 3 is 1.81 bits per heavy atom. The summed E-state index contributed by atoms with van der Waals surface area (Å²) in [5, 5.41) is 2.48. The molecule has 0 atom stereocenters. The minimum absolute atomic E-state index is 0.0898. The Hall–Kier alpha value is -6.84. The van der Waals surface area contributed by atoms with E-state index in [4.69, 9.17) is 0 Å². The lowest BCUT2D eigenvalue weighted by Gasteiger charge is -2.30. The highest BCUT2D eigenvalue weighted by Crippen LogP contribution is 2.51. The number of benzene rings is 8. The Balaban J connectivity index is 1.17. The van der Waals surface area contributed by atoms with E-state index in [1.807, 2.05) is 0 Å². The molecule has 0 fully saturated rings. The van der Waals surface area contributed by atoms with Crippen LogP contribution in [0, 0.1) is 0 Å². The van der Waals surface area contributed by atoms with E-state index in [-0.39, 0.29) is 10.8 Å². The summed E-state index contributed by atoms with van der Waals surface area (Å²) < 4.78 is 2.42. The van der Waals surface area contributed by atoms with Gasteiger partial charge in [-0.05, 0) is 124 Å². The van der Waals surface area contributed by atoms with E-state index in [0.717, 1.165) is 34.0 Å². The van der Waals surface area contributed by atoms with Gasteiger partial charge >= 0.3 is 0 Å². The fourth-order valence-corrected chi connectivity index (χ4v) is 9.36. The summed E-state index contributed by atoms with van der Waals surface area (Å²) in [4.78, 5) is 4.73. The molecule has 3 heteroatoms. The van der Waals surface area contributed by atoms with Crippen LogP contribution in [0.4, 0.5) is 28.4 Å². The van der Waals surface area contributed by atoms with Crippen LogP contribution in [0.15, 0.2) is 188 Å². The predicted molar refractivity (Wildman–Crippen MR) is 252 cm³/mol. The van der Waals surface area contributed by atoms with E-state index in [9.17, 15) is 0 Å². The van der Waals surface area contributed by atoms with Crippen LogP contribution in [0.2, 0.25) is 0 Å². The van der Waals surface area contributed by atoms with Crippen LogP contribution in [-0.4, -0.2) is 11.6 Å². The maximum Gasteiger partial charge on any atom is 0.0541 e. The van der Waals surface area contributed by atoms with E-state index in [1.165, 1.54) is 60.9 Å². The standard InChI is InChI=1S/C56H49N3/c1-55(2,3)39-26-28-42(29-27-39)59-53-24-16-14-22-47(53)49-35-38(25-33-54(49)59)48-36-43(31-34-52(48)57(6)40-17-9-7-10-18-40)58(41-19-11-8-12-20-41)44-30-32-46-45-21-13-15-23-50(45)56(4,5)51(46)37-44/h7-37H,1-6H3. The third-order valence-corrected chi connectivity index (χ3v) is 12.6. The summed E-state index contributed by atoms with van der Waals surface area (Å²) in [6.45, 7) is 11.5. The third kappa shape index (κ3) is 6.12. The Morgan fingerprint density at radius 1 is 0.458 bits per heavy atom. The molecule has 0 N–H and O–H groups in total. The SMILES string of the molecule is CN(c1ccccc1)c1ccc(N(c2ccccc2)c2ccc3c(c2)C(C)(C)c2ccccc2-3)cc1-c1ccc2c(c1)c1ccccc1n2-c1ccc(C(C)(C)C)cc1. The minimum atomic E-state index is -0.110. The second kappa shape index (κ2) is 13.9. The van der Waals surface area contributed by atoms with Crippen molar-refractivity contribution in [2.75, 3.05) is 16.8 Å². The van der Waals surface area contributed by atoms with Gasteiger partial charge < -0.3 is 14.4 Å². The van der Waals surface area contributed by atoms with Gasteiger partial charge in [0.15, 0.2) is 0 Å². The number of fused-ring (bicyclic) bond motifs is 6. The monoisotopic (exact) mass is 763 g/mol. The first kappa shape index (κ1) is 36.5. The van der Waals surface area contributed by atoms with Crippen molar-refractivity contribution in [1.82, 2.24) is 4.57 Å². The van der Waals surface area contributed by atoms with Gasteiger partial charge in [-0.3, -0.25) is 0 Å². The zero-order valence-electron chi connectivity index (χ0n) is 34.7. The van der Waals surface area contributed by atoms with Gasteiger partial charge in [0.1, 0.15) is 0 Å². The number of hydrogen-bond acceptors (Lipinski definition) is 2. The lowest BCUT2D eigenvalue weighted by Crippen LogP contribution is -2.17. The zero-order valence-corrected chi connectivity index (χ0v) is 34.7. The normalized spacial score (nSPS) is 13.1. The molecule has 0 radical (unpaired) electrons. The molecular formula is C56H49N3. The van der Waals surface area contributed by atoms with E-state index in [1.54, 1.807) is 0 Å². The Bertz CT molecular complexity index is 3000. The summed E-state index contributed by atoms with van der Waals surface area (Å²) in [6.07, 6.45) is 0. The zero-order chi connectivity index (χ0) is 40.5. The smallest absolute Gasteiger partial charge is 0.0541 e. The highest BCUT2D eigenvalue weighted by Gasteiger charge is 2.36. The molecule has 59 heavy (non-hydrogen) atoms. The van der Waals surface area contributed by atoms with Gasteiger partial charge in [-0.1, -0.05) is 138 Å². The van der Waals surface area contributed by atoms with Crippen molar-refractivity contribution in [3.8, 4) is 27.9 Å². The molecule has 8 aromatic carbocycles. The molecule has 3 nitrogen and oxygen atoms in total. The minimum Gasteiger partial charge on any atom is -0.344 e. The van der Waals surface area contributed by atoms with Crippen LogP contribution in [0.3, 0.4) is 0 Å². The Labute approximate surface area is 348 Å². The van der Waals surface area contributed by atoms with Crippen molar-refractivity contribution < 1.29 is 0 Å². The number of para-hydroxylation sites is 3. The highest BCUT2D eigenvalue weighted by molar-refractivity contribution is 6.11. The molecule has 0 saturated carbocycles. The number of nitrogens with zero attached hydrogens (tertiary/aromatic N) is 3. The summed E-state index contributed by atoms with van der Waals surface area (Å²) in [5.41, 5.74) is 18.2. The first-order valence-corrected chi connectivity index (χ1v) is 20.7. The van der Waals surface area contributed by atoms with Crippen LogP contribution in [0.25, 0.3) is 49.7 Å². The average molecular weight is 764 g/mol. The van der Waals surface area contributed by atoms with Gasteiger partial charge in [0.2, 0.25) is 0 Å². The molecule has 0 unspecified atom stereocenters. The fourth-order valence-electron chi connectivity index (χ4n) is 9.36. The van der Waals surface area contributed by atoms with Crippen molar-refractivity contribution in [2.45, 2.75) is 45.4 Å². The molecule has 288 valence electrons. The lowest BCUT2D eigenvalue weighted by atomic mass is 9.82. The Kier molecular flexibility index (Phi) is 8.61. The maximum absolute atomic E-state index is 2.42. The first-order valence-electron chi connectivity index (χ1n) is 20.7. The largest absolute Gasteiger partial charge is 0.344 e. The van der Waals surface area contributed by atoms with Crippen molar-refractivity contribution in [2.24, 2.45) is 0 Å². The summed E-state index contributed by atoms with van der Waals surface area (Å²) in [5.74, 6) is 0. The quantitative estimate of drug-likeness (QED) is 0.160.